The average Bonchev–Trinajstić information content (AvgIpc) is 2.94. The molecule has 2 aromatic rings. The van der Waals surface area contributed by atoms with Gasteiger partial charge in [0.1, 0.15) is 5.75 Å². The van der Waals surface area contributed by atoms with Crippen LogP contribution in [0.2, 0.25) is 0 Å². The summed E-state index contributed by atoms with van der Waals surface area (Å²) in [5.74, 6) is 1.21. The second-order valence-corrected chi connectivity index (χ2v) is 9.90. The molecule has 0 saturated heterocycles. The summed E-state index contributed by atoms with van der Waals surface area (Å²) in [6.45, 7) is 5.59. The number of hydrogen-bond acceptors (Lipinski definition) is 6. The molecular formula is C31H43NO5. The van der Waals surface area contributed by atoms with Crippen LogP contribution in [0.5, 0.6) is 5.75 Å². The molecule has 2 aromatic carbocycles. The number of unbranched alkanes of at least 4 members (excludes halogenated alkanes) is 1. The molecule has 0 atom stereocenters. The summed E-state index contributed by atoms with van der Waals surface area (Å²) in [7, 11) is 1.39. The second-order valence-electron chi connectivity index (χ2n) is 9.90. The highest BCUT2D eigenvalue weighted by Crippen LogP contribution is 2.26. The first-order valence-corrected chi connectivity index (χ1v) is 13.8. The number of methoxy groups -OCH3 is 1. The van der Waals surface area contributed by atoms with Crippen molar-refractivity contribution in [1.29, 1.82) is 0 Å². The van der Waals surface area contributed by atoms with Crippen molar-refractivity contribution in [2.75, 3.05) is 33.4 Å². The van der Waals surface area contributed by atoms with Crippen LogP contribution in [0.15, 0.2) is 48.5 Å². The Kier molecular flexibility index (Phi) is 12.5. The summed E-state index contributed by atoms with van der Waals surface area (Å²) >= 11 is 0. The predicted molar refractivity (Wildman–Crippen MR) is 146 cm³/mol. The minimum atomic E-state index is -0.327. The van der Waals surface area contributed by atoms with Crippen LogP contribution >= 0.6 is 0 Å². The number of carbonyl (C=O) groups excluding carboxylic acids is 2. The maximum absolute atomic E-state index is 11.8. The molecule has 3 rings (SSSR count). The molecule has 6 nitrogen and oxygen atoms in total. The number of rotatable bonds is 15. The van der Waals surface area contributed by atoms with E-state index in [-0.39, 0.29) is 11.9 Å². The van der Waals surface area contributed by atoms with Crippen molar-refractivity contribution in [2.45, 2.75) is 71.3 Å². The smallest absolute Gasteiger partial charge is 0.337 e. The summed E-state index contributed by atoms with van der Waals surface area (Å²) in [6.07, 6.45) is 9.60. The number of ether oxygens (including phenoxy) is 3. The second kappa shape index (κ2) is 16.1. The maximum atomic E-state index is 11.8. The van der Waals surface area contributed by atoms with Crippen LogP contribution in [-0.4, -0.2) is 50.3 Å². The van der Waals surface area contributed by atoms with Gasteiger partial charge < -0.3 is 14.2 Å². The summed E-state index contributed by atoms with van der Waals surface area (Å²) < 4.78 is 16.2. The number of para-hydroxylation sites is 1. The van der Waals surface area contributed by atoms with Crippen molar-refractivity contribution in [1.82, 2.24) is 4.90 Å². The Hall–Kier alpha value is -2.86. The van der Waals surface area contributed by atoms with E-state index in [4.69, 9.17) is 14.2 Å². The first kappa shape index (κ1) is 28.7. The molecule has 0 bridgehead atoms. The van der Waals surface area contributed by atoms with E-state index >= 15 is 0 Å². The summed E-state index contributed by atoms with van der Waals surface area (Å²) in [6, 6.07) is 16.0. The average molecular weight is 510 g/mol. The van der Waals surface area contributed by atoms with Gasteiger partial charge in [0.2, 0.25) is 0 Å². The Balaban J connectivity index is 1.59. The fraction of sp³-hybridized carbons (Fsp3) is 0.548. The molecule has 0 unspecified atom stereocenters. The molecule has 1 saturated carbocycles. The predicted octanol–water partition coefficient (Wildman–Crippen LogP) is 6.21. The molecule has 0 aliphatic heterocycles. The van der Waals surface area contributed by atoms with Crippen LogP contribution < -0.4 is 4.74 Å². The lowest BCUT2D eigenvalue weighted by Crippen LogP contribution is -2.27. The largest absolute Gasteiger partial charge is 0.493 e. The van der Waals surface area contributed by atoms with E-state index in [2.05, 4.69) is 29.2 Å². The molecule has 1 aliphatic carbocycles. The Morgan fingerprint density at radius 1 is 0.946 bits per heavy atom. The van der Waals surface area contributed by atoms with Crippen LogP contribution in [0.4, 0.5) is 0 Å². The maximum Gasteiger partial charge on any atom is 0.337 e. The van der Waals surface area contributed by atoms with E-state index < -0.39 is 0 Å². The number of hydrogen-bond donors (Lipinski definition) is 0. The van der Waals surface area contributed by atoms with Gasteiger partial charge in [0.15, 0.2) is 0 Å². The zero-order chi connectivity index (χ0) is 26.3. The molecule has 0 heterocycles. The number of carbonyl (C=O) groups is 2. The Bertz CT molecular complexity index is 952. The van der Waals surface area contributed by atoms with Crippen molar-refractivity contribution in [3.63, 3.8) is 0 Å². The third-order valence-corrected chi connectivity index (χ3v) is 7.06. The third-order valence-electron chi connectivity index (χ3n) is 7.06. The molecule has 0 N–H and O–H groups in total. The monoisotopic (exact) mass is 509 g/mol. The van der Waals surface area contributed by atoms with Gasteiger partial charge in [-0.3, -0.25) is 9.69 Å². The highest BCUT2D eigenvalue weighted by atomic mass is 16.5. The minimum absolute atomic E-state index is 0.128. The molecule has 0 radical (unpaired) electrons. The number of benzene rings is 2. The highest BCUT2D eigenvalue weighted by Gasteiger charge is 2.16. The molecule has 0 aromatic heterocycles. The SMILES string of the molecule is CCOC(=O)CCCCN(CCc1ccccc1OCC1CCCCC1)Cc1ccc(C(=O)OC)cc1. The van der Waals surface area contributed by atoms with Gasteiger partial charge in [0.05, 0.1) is 25.9 Å². The topological polar surface area (TPSA) is 65.1 Å². The Labute approximate surface area is 222 Å². The van der Waals surface area contributed by atoms with Crippen LogP contribution in [-0.2, 0) is 27.2 Å². The lowest BCUT2D eigenvalue weighted by atomic mass is 9.90. The Morgan fingerprint density at radius 3 is 2.43 bits per heavy atom. The highest BCUT2D eigenvalue weighted by molar-refractivity contribution is 5.89. The van der Waals surface area contributed by atoms with Crippen LogP contribution in [0.1, 0.15) is 79.8 Å². The van der Waals surface area contributed by atoms with E-state index in [9.17, 15) is 9.59 Å². The molecule has 0 spiro atoms. The van der Waals surface area contributed by atoms with Crippen molar-refractivity contribution in [3.05, 3.63) is 65.2 Å². The zero-order valence-corrected chi connectivity index (χ0v) is 22.6. The minimum Gasteiger partial charge on any atom is -0.493 e. The van der Waals surface area contributed by atoms with Crippen molar-refractivity contribution in [2.24, 2.45) is 5.92 Å². The molecule has 6 heteroatoms. The van der Waals surface area contributed by atoms with Gasteiger partial charge in [0, 0.05) is 19.5 Å². The van der Waals surface area contributed by atoms with Gasteiger partial charge in [-0.15, -0.1) is 0 Å². The normalized spacial score (nSPS) is 13.9. The lowest BCUT2D eigenvalue weighted by Gasteiger charge is -2.24. The molecule has 37 heavy (non-hydrogen) atoms. The fourth-order valence-corrected chi connectivity index (χ4v) is 4.92. The summed E-state index contributed by atoms with van der Waals surface area (Å²) in [4.78, 5) is 25.9. The van der Waals surface area contributed by atoms with Crippen LogP contribution in [0, 0.1) is 5.92 Å². The van der Waals surface area contributed by atoms with Crippen molar-refractivity contribution < 1.29 is 23.8 Å². The summed E-state index contributed by atoms with van der Waals surface area (Å²) in [5, 5.41) is 0. The molecule has 202 valence electrons. The van der Waals surface area contributed by atoms with Gasteiger partial charge in [-0.1, -0.05) is 49.6 Å². The number of esters is 2. The van der Waals surface area contributed by atoms with Crippen molar-refractivity contribution >= 4 is 11.9 Å². The zero-order valence-electron chi connectivity index (χ0n) is 22.6. The molecular weight excluding hydrogens is 466 g/mol. The van der Waals surface area contributed by atoms with Gasteiger partial charge in [-0.2, -0.15) is 0 Å². The lowest BCUT2D eigenvalue weighted by molar-refractivity contribution is -0.143. The molecule has 1 aliphatic rings. The quantitative estimate of drug-likeness (QED) is 0.210. The van der Waals surface area contributed by atoms with E-state index in [0.29, 0.717) is 24.5 Å². The third kappa shape index (κ3) is 10.2. The first-order valence-electron chi connectivity index (χ1n) is 13.8. The molecule has 1 fully saturated rings. The first-order chi connectivity index (χ1) is 18.1. The van der Waals surface area contributed by atoms with Crippen LogP contribution in [0.25, 0.3) is 0 Å². The van der Waals surface area contributed by atoms with Gasteiger partial charge in [0.25, 0.3) is 0 Å². The van der Waals surface area contributed by atoms with E-state index in [1.54, 1.807) is 0 Å². The van der Waals surface area contributed by atoms with Crippen LogP contribution in [0.3, 0.4) is 0 Å². The van der Waals surface area contributed by atoms with Gasteiger partial charge in [-0.25, -0.2) is 4.79 Å². The molecule has 0 amide bonds. The van der Waals surface area contributed by atoms with E-state index in [1.165, 1.54) is 44.8 Å². The van der Waals surface area contributed by atoms with Gasteiger partial charge >= 0.3 is 11.9 Å². The van der Waals surface area contributed by atoms with Gasteiger partial charge in [-0.05, 0) is 80.8 Å². The standard InChI is InChI=1S/C31H43NO5/c1-3-36-30(33)15-9-10-21-32(23-25-16-18-28(19-17-25)31(34)35-2)22-20-27-13-7-8-14-29(27)37-24-26-11-5-4-6-12-26/h7-8,13-14,16-19,26H,3-6,9-12,15,20-24H2,1-2H3. The van der Waals surface area contributed by atoms with E-state index in [1.807, 2.05) is 31.2 Å². The Morgan fingerprint density at radius 2 is 1.70 bits per heavy atom. The van der Waals surface area contributed by atoms with Crippen molar-refractivity contribution in [3.8, 4) is 5.75 Å². The fourth-order valence-electron chi connectivity index (χ4n) is 4.92. The van der Waals surface area contributed by atoms with E-state index in [0.717, 1.165) is 56.8 Å². The summed E-state index contributed by atoms with van der Waals surface area (Å²) in [5.41, 5.74) is 2.92. The number of nitrogens with zero attached hydrogens (tertiary/aromatic N) is 1.